The lowest BCUT2D eigenvalue weighted by atomic mass is 10.2. The van der Waals surface area contributed by atoms with Gasteiger partial charge in [-0.05, 0) is 6.92 Å². The third kappa shape index (κ3) is 2.42. The van der Waals surface area contributed by atoms with Gasteiger partial charge in [-0.1, -0.05) is 0 Å². The van der Waals surface area contributed by atoms with Gasteiger partial charge in [0, 0.05) is 22.3 Å². The molecule has 8 heteroatoms. The third-order valence-electron chi connectivity index (χ3n) is 1.99. The Balaban J connectivity index is 3.61. The molecule has 0 heterocycles. The van der Waals surface area contributed by atoms with Crippen LogP contribution < -0.4 is 4.74 Å². The summed E-state index contributed by atoms with van der Waals surface area (Å²) in [6.07, 6.45) is 0. The zero-order valence-corrected chi connectivity index (χ0v) is 10.0. The summed E-state index contributed by atoms with van der Waals surface area (Å²) in [5.74, 6) is 0.105. The Hall–Kier alpha value is -1.34. The van der Waals surface area contributed by atoms with Crippen molar-refractivity contribution in [2.24, 2.45) is 0 Å². The second kappa shape index (κ2) is 4.26. The lowest BCUT2D eigenvalue weighted by Crippen LogP contribution is -2.00. The Morgan fingerprint density at radius 1 is 1.44 bits per heavy atom. The van der Waals surface area contributed by atoms with Crippen LogP contribution in [-0.4, -0.2) is 20.5 Å². The number of benzene rings is 1. The number of nitro groups is 1. The SMILES string of the molecule is COc1cc([N+](=O)[O-])cc(S(=O)(=O)Cl)c1C. The monoisotopic (exact) mass is 265 g/mol. The van der Waals surface area contributed by atoms with Gasteiger partial charge in [0.05, 0.1) is 23.0 Å². The van der Waals surface area contributed by atoms with Gasteiger partial charge in [-0.3, -0.25) is 10.1 Å². The molecule has 0 N–H and O–H groups in total. The summed E-state index contributed by atoms with van der Waals surface area (Å²) in [5, 5.41) is 10.6. The molecular formula is C8H8ClNO5S. The van der Waals surface area contributed by atoms with E-state index in [0.717, 1.165) is 12.1 Å². The maximum absolute atomic E-state index is 11.2. The van der Waals surface area contributed by atoms with Crippen LogP contribution in [0.1, 0.15) is 5.56 Å². The Labute approximate surface area is 96.4 Å². The Kier molecular flexibility index (Phi) is 3.39. The Morgan fingerprint density at radius 3 is 2.38 bits per heavy atom. The molecule has 0 amide bonds. The molecule has 0 atom stereocenters. The van der Waals surface area contributed by atoms with Crippen molar-refractivity contribution in [1.29, 1.82) is 0 Å². The number of hydrogen-bond donors (Lipinski definition) is 0. The Morgan fingerprint density at radius 2 is 2.00 bits per heavy atom. The number of nitrogens with zero attached hydrogens (tertiary/aromatic N) is 1. The molecule has 0 saturated carbocycles. The molecule has 1 aromatic rings. The highest BCUT2D eigenvalue weighted by molar-refractivity contribution is 8.13. The van der Waals surface area contributed by atoms with Gasteiger partial charge in [-0.15, -0.1) is 0 Å². The minimum absolute atomic E-state index is 0.105. The molecular weight excluding hydrogens is 258 g/mol. The van der Waals surface area contributed by atoms with Crippen LogP contribution in [0.15, 0.2) is 17.0 Å². The summed E-state index contributed by atoms with van der Waals surface area (Å²) in [4.78, 5) is 9.54. The average molecular weight is 266 g/mol. The van der Waals surface area contributed by atoms with Crippen molar-refractivity contribution in [2.75, 3.05) is 7.11 Å². The van der Waals surface area contributed by atoms with E-state index in [1.54, 1.807) is 0 Å². The van der Waals surface area contributed by atoms with Gasteiger partial charge in [0.15, 0.2) is 0 Å². The molecule has 1 rings (SSSR count). The van der Waals surface area contributed by atoms with Crippen LogP contribution in [0.3, 0.4) is 0 Å². The van der Waals surface area contributed by atoms with Crippen LogP contribution in [0.5, 0.6) is 5.75 Å². The first kappa shape index (κ1) is 12.7. The highest BCUT2D eigenvalue weighted by Gasteiger charge is 2.22. The summed E-state index contributed by atoms with van der Waals surface area (Å²) in [6.45, 7) is 1.46. The molecule has 88 valence electrons. The minimum atomic E-state index is -4.03. The number of ether oxygens (including phenoxy) is 1. The average Bonchev–Trinajstić information content (AvgIpc) is 2.15. The van der Waals surface area contributed by atoms with Crippen LogP contribution in [0, 0.1) is 17.0 Å². The van der Waals surface area contributed by atoms with Crippen LogP contribution in [0.2, 0.25) is 0 Å². The molecule has 0 radical (unpaired) electrons. The van der Waals surface area contributed by atoms with E-state index in [1.165, 1.54) is 14.0 Å². The second-order valence-corrected chi connectivity index (χ2v) is 5.50. The van der Waals surface area contributed by atoms with Gasteiger partial charge >= 0.3 is 0 Å². The van der Waals surface area contributed by atoms with E-state index >= 15 is 0 Å². The molecule has 0 bridgehead atoms. The second-order valence-electron chi connectivity index (χ2n) is 2.97. The lowest BCUT2D eigenvalue weighted by molar-refractivity contribution is -0.385. The fourth-order valence-electron chi connectivity index (χ4n) is 1.22. The number of halogens is 1. The number of non-ortho nitro benzene ring substituents is 1. The predicted molar refractivity (Wildman–Crippen MR) is 57.4 cm³/mol. The molecule has 0 spiro atoms. The molecule has 0 aromatic heterocycles. The largest absolute Gasteiger partial charge is 0.496 e. The van der Waals surface area contributed by atoms with E-state index in [1.807, 2.05) is 0 Å². The summed E-state index contributed by atoms with van der Waals surface area (Å²) in [6, 6.07) is 2.04. The molecule has 0 aliphatic rings. The number of rotatable bonds is 3. The molecule has 0 fully saturated rings. The van der Waals surface area contributed by atoms with Crippen molar-refractivity contribution >= 4 is 25.4 Å². The summed E-state index contributed by atoms with van der Waals surface area (Å²) < 4.78 is 27.2. The first-order valence-corrected chi connectivity index (χ1v) is 6.36. The maximum atomic E-state index is 11.2. The number of nitro benzene ring substituents is 1. The molecule has 0 aliphatic heterocycles. The van der Waals surface area contributed by atoms with Crippen LogP contribution in [-0.2, 0) is 9.05 Å². The van der Waals surface area contributed by atoms with Crippen LogP contribution in [0.25, 0.3) is 0 Å². The summed E-state index contributed by atoms with van der Waals surface area (Å²) in [5.41, 5.74) is -0.148. The normalized spacial score (nSPS) is 11.2. The van der Waals surface area contributed by atoms with Gasteiger partial charge in [-0.25, -0.2) is 8.42 Å². The first-order valence-electron chi connectivity index (χ1n) is 4.05. The quantitative estimate of drug-likeness (QED) is 0.473. The van der Waals surface area contributed by atoms with Gasteiger partial charge < -0.3 is 4.74 Å². The first-order chi connectivity index (χ1) is 7.27. The zero-order chi connectivity index (χ0) is 12.5. The lowest BCUT2D eigenvalue weighted by Gasteiger charge is -2.07. The van der Waals surface area contributed by atoms with E-state index in [4.69, 9.17) is 15.4 Å². The van der Waals surface area contributed by atoms with Gasteiger partial charge in [0.1, 0.15) is 5.75 Å². The van der Waals surface area contributed by atoms with Crippen molar-refractivity contribution in [2.45, 2.75) is 11.8 Å². The topological polar surface area (TPSA) is 86.5 Å². The summed E-state index contributed by atoms with van der Waals surface area (Å²) in [7, 11) is 2.42. The standard InChI is InChI=1S/C8H8ClNO5S/c1-5-7(15-2)3-6(10(11)12)4-8(5)16(9,13)14/h3-4H,1-2H3. The van der Waals surface area contributed by atoms with E-state index in [9.17, 15) is 18.5 Å². The van der Waals surface area contributed by atoms with E-state index in [0.29, 0.717) is 0 Å². The fraction of sp³-hybridized carbons (Fsp3) is 0.250. The highest BCUT2D eigenvalue weighted by atomic mass is 35.7. The number of methoxy groups -OCH3 is 1. The van der Waals surface area contributed by atoms with Crippen molar-refractivity contribution in [3.05, 3.63) is 27.8 Å². The zero-order valence-electron chi connectivity index (χ0n) is 8.43. The van der Waals surface area contributed by atoms with Crippen molar-refractivity contribution in [3.63, 3.8) is 0 Å². The minimum Gasteiger partial charge on any atom is -0.496 e. The van der Waals surface area contributed by atoms with Crippen molar-refractivity contribution < 1.29 is 18.1 Å². The van der Waals surface area contributed by atoms with Gasteiger partial charge in [-0.2, -0.15) is 0 Å². The maximum Gasteiger partial charge on any atom is 0.274 e. The Bertz CT molecular complexity index is 540. The van der Waals surface area contributed by atoms with Crippen molar-refractivity contribution in [3.8, 4) is 5.75 Å². The van der Waals surface area contributed by atoms with Gasteiger partial charge in [0.2, 0.25) is 0 Å². The van der Waals surface area contributed by atoms with Crippen LogP contribution >= 0.6 is 10.7 Å². The number of hydrogen-bond acceptors (Lipinski definition) is 5. The third-order valence-corrected chi connectivity index (χ3v) is 3.44. The smallest absolute Gasteiger partial charge is 0.274 e. The van der Waals surface area contributed by atoms with Crippen molar-refractivity contribution in [1.82, 2.24) is 0 Å². The van der Waals surface area contributed by atoms with E-state index < -0.39 is 14.0 Å². The fourth-order valence-corrected chi connectivity index (χ4v) is 2.43. The molecule has 0 aliphatic carbocycles. The summed E-state index contributed by atoms with van der Waals surface area (Å²) >= 11 is 0. The van der Waals surface area contributed by atoms with E-state index in [-0.39, 0.29) is 21.9 Å². The van der Waals surface area contributed by atoms with Crippen LogP contribution in [0.4, 0.5) is 5.69 Å². The molecule has 1 aromatic carbocycles. The molecule has 16 heavy (non-hydrogen) atoms. The molecule has 0 unspecified atom stereocenters. The highest BCUT2D eigenvalue weighted by Crippen LogP contribution is 2.32. The predicted octanol–water partition coefficient (Wildman–Crippen LogP) is 1.84. The van der Waals surface area contributed by atoms with Gasteiger partial charge in [0.25, 0.3) is 14.7 Å². The van der Waals surface area contributed by atoms with E-state index in [2.05, 4.69) is 0 Å². The molecule has 6 nitrogen and oxygen atoms in total. The molecule has 0 saturated heterocycles.